The number of hydrogen-bond acceptors (Lipinski definition) is 4. The first-order chi connectivity index (χ1) is 9.03. The normalized spacial score (nSPS) is 22.0. The Morgan fingerprint density at radius 2 is 2.42 bits per heavy atom. The third-order valence-electron chi connectivity index (χ3n) is 3.95. The summed E-state index contributed by atoms with van der Waals surface area (Å²) in [5, 5.41) is 18.1. The molecule has 2 N–H and O–H groups in total. The molecule has 0 amide bonds. The van der Waals surface area contributed by atoms with E-state index in [0.29, 0.717) is 25.6 Å². The number of rotatable bonds is 6. The van der Waals surface area contributed by atoms with Gasteiger partial charge in [-0.05, 0) is 26.2 Å². The lowest BCUT2D eigenvalue weighted by atomic mass is 9.92. The molecule has 0 bridgehead atoms. The van der Waals surface area contributed by atoms with Crippen molar-refractivity contribution in [3.8, 4) is 0 Å². The van der Waals surface area contributed by atoms with E-state index in [1.165, 1.54) is 17.7 Å². The Labute approximate surface area is 115 Å². The smallest absolute Gasteiger partial charge is 0.0765 e. The summed E-state index contributed by atoms with van der Waals surface area (Å²) in [6, 6.07) is 0.312. The van der Waals surface area contributed by atoms with Gasteiger partial charge in [0.1, 0.15) is 0 Å². The average molecular weight is 267 g/mol. The summed E-state index contributed by atoms with van der Waals surface area (Å²) in [7, 11) is 3.66. The minimum atomic E-state index is -0.726. The number of aryl methyl sites for hydroxylation is 1. The summed E-state index contributed by atoms with van der Waals surface area (Å²) in [4.78, 5) is 0. The molecule has 2 atom stereocenters. The van der Waals surface area contributed by atoms with Gasteiger partial charge in [0.25, 0.3) is 0 Å². The zero-order chi connectivity index (χ0) is 13.9. The van der Waals surface area contributed by atoms with Crippen molar-refractivity contribution in [1.29, 1.82) is 0 Å². The Hall–Kier alpha value is -0.910. The van der Waals surface area contributed by atoms with Crippen LogP contribution < -0.4 is 5.32 Å². The van der Waals surface area contributed by atoms with Gasteiger partial charge in [-0.3, -0.25) is 4.68 Å². The minimum absolute atomic E-state index is 0.312. The molecule has 5 heteroatoms. The number of nitrogens with zero attached hydrogens (tertiary/aromatic N) is 2. The molecule has 0 fully saturated rings. The molecule has 1 heterocycles. The van der Waals surface area contributed by atoms with Crippen LogP contribution in [0, 0.1) is 0 Å². The zero-order valence-electron chi connectivity index (χ0n) is 12.1. The molecule has 0 spiro atoms. The van der Waals surface area contributed by atoms with Gasteiger partial charge in [0.15, 0.2) is 0 Å². The second-order valence-electron chi connectivity index (χ2n) is 5.74. The van der Waals surface area contributed by atoms with Crippen molar-refractivity contribution in [3.05, 3.63) is 17.5 Å². The fourth-order valence-electron chi connectivity index (χ4n) is 2.67. The summed E-state index contributed by atoms with van der Waals surface area (Å²) in [6.45, 7) is 3.01. The van der Waals surface area contributed by atoms with Crippen molar-refractivity contribution in [2.45, 2.75) is 44.2 Å². The maximum atomic E-state index is 10.3. The van der Waals surface area contributed by atoms with E-state index in [1.54, 1.807) is 7.11 Å². The standard InChI is InChI=1S/C14H25N3O2/c1-14(18,7-8-19-3)10-15-12-5-4-6-13-11(12)9-16-17(13)2/h9,12,15,18H,4-8,10H2,1-3H3. The van der Waals surface area contributed by atoms with Gasteiger partial charge in [0.05, 0.1) is 11.8 Å². The molecule has 1 aliphatic carbocycles. The first-order valence-corrected chi connectivity index (χ1v) is 6.99. The van der Waals surface area contributed by atoms with E-state index in [-0.39, 0.29) is 0 Å². The molecule has 0 aliphatic heterocycles. The molecule has 0 saturated carbocycles. The highest BCUT2D eigenvalue weighted by atomic mass is 16.5. The summed E-state index contributed by atoms with van der Waals surface area (Å²) in [5.74, 6) is 0. The molecule has 0 radical (unpaired) electrons. The lowest BCUT2D eigenvalue weighted by Gasteiger charge is -2.29. The molecule has 0 aromatic carbocycles. The predicted molar refractivity (Wildman–Crippen MR) is 74.0 cm³/mol. The fourth-order valence-corrected chi connectivity index (χ4v) is 2.67. The third-order valence-corrected chi connectivity index (χ3v) is 3.95. The molecule has 2 rings (SSSR count). The van der Waals surface area contributed by atoms with Crippen LogP contribution in [0.3, 0.4) is 0 Å². The molecule has 0 saturated heterocycles. The van der Waals surface area contributed by atoms with Gasteiger partial charge in [-0.2, -0.15) is 5.10 Å². The third kappa shape index (κ3) is 3.55. The van der Waals surface area contributed by atoms with Crippen molar-refractivity contribution in [2.75, 3.05) is 20.3 Å². The number of fused-ring (bicyclic) bond motifs is 1. The first-order valence-electron chi connectivity index (χ1n) is 6.99. The summed E-state index contributed by atoms with van der Waals surface area (Å²) < 4.78 is 6.99. The first kappa shape index (κ1) is 14.5. The van der Waals surface area contributed by atoms with Crippen LogP contribution in [0.5, 0.6) is 0 Å². The van der Waals surface area contributed by atoms with Gasteiger partial charge in [-0.25, -0.2) is 0 Å². The molecule has 2 unspecified atom stereocenters. The van der Waals surface area contributed by atoms with Gasteiger partial charge in [0.2, 0.25) is 0 Å². The highest BCUT2D eigenvalue weighted by Crippen LogP contribution is 2.29. The quantitative estimate of drug-likeness (QED) is 0.812. The molecular formula is C14H25N3O2. The number of nitrogens with one attached hydrogen (secondary N) is 1. The van der Waals surface area contributed by atoms with Crippen molar-refractivity contribution in [2.24, 2.45) is 7.05 Å². The van der Waals surface area contributed by atoms with Gasteiger partial charge in [0, 0.05) is 51.0 Å². The van der Waals surface area contributed by atoms with Crippen molar-refractivity contribution in [1.82, 2.24) is 15.1 Å². The van der Waals surface area contributed by atoms with Crippen molar-refractivity contribution < 1.29 is 9.84 Å². The number of methoxy groups -OCH3 is 1. The Kier molecular flexibility index (Phi) is 4.60. The number of ether oxygens (including phenoxy) is 1. The summed E-state index contributed by atoms with van der Waals surface area (Å²) in [5.41, 5.74) is 1.88. The molecule has 108 valence electrons. The zero-order valence-corrected chi connectivity index (χ0v) is 12.1. The van der Waals surface area contributed by atoms with Gasteiger partial charge < -0.3 is 15.2 Å². The van der Waals surface area contributed by atoms with Crippen LogP contribution in [0.4, 0.5) is 0 Å². The molecule has 5 nitrogen and oxygen atoms in total. The number of aliphatic hydroxyl groups is 1. The van der Waals surface area contributed by atoms with Crippen molar-refractivity contribution >= 4 is 0 Å². The van der Waals surface area contributed by atoms with E-state index in [1.807, 2.05) is 24.9 Å². The summed E-state index contributed by atoms with van der Waals surface area (Å²) in [6.07, 6.45) is 5.98. The largest absolute Gasteiger partial charge is 0.389 e. The van der Waals surface area contributed by atoms with E-state index >= 15 is 0 Å². The van der Waals surface area contributed by atoms with E-state index in [9.17, 15) is 5.11 Å². The molecule has 1 aromatic rings. The van der Waals surface area contributed by atoms with E-state index in [4.69, 9.17) is 4.74 Å². The van der Waals surface area contributed by atoms with Crippen LogP contribution in [0.25, 0.3) is 0 Å². The fraction of sp³-hybridized carbons (Fsp3) is 0.786. The van der Waals surface area contributed by atoms with Crippen molar-refractivity contribution in [3.63, 3.8) is 0 Å². The minimum Gasteiger partial charge on any atom is -0.389 e. The molecule has 1 aliphatic rings. The Morgan fingerprint density at radius 3 is 3.16 bits per heavy atom. The van der Waals surface area contributed by atoms with E-state index in [0.717, 1.165) is 12.8 Å². The molecule has 19 heavy (non-hydrogen) atoms. The van der Waals surface area contributed by atoms with Gasteiger partial charge in [-0.15, -0.1) is 0 Å². The van der Waals surface area contributed by atoms with E-state index < -0.39 is 5.60 Å². The molecular weight excluding hydrogens is 242 g/mol. The highest BCUT2D eigenvalue weighted by molar-refractivity contribution is 5.24. The maximum absolute atomic E-state index is 10.3. The van der Waals surface area contributed by atoms with Crippen LogP contribution >= 0.6 is 0 Å². The lowest BCUT2D eigenvalue weighted by Crippen LogP contribution is -2.41. The van der Waals surface area contributed by atoms with Crippen LogP contribution in [0.2, 0.25) is 0 Å². The Bertz CT molecular complexity index is 415. The van der Waals surface area contributed by atoms with Crippen LogP contribution in [-0.2, 0) is 18.2 Å². The average Bonchev–Trinajstić information content (AvgIpc) is 2.77. The van der Waals surface area contributed by atoms with E-state index in [2.05, 4.69) is 10.4 Å². The van der Waals surface area contributed by atoms with Crippen LogP contribution in [0.1, 0.15) is 43.5 Å². The monoisotopic (exact) mass is 267 g/mol. The highest BCUT2D eigenvalue weighted by Gasteiger charge is 2.26. The predicted octanol–water partition coefficient (Wildman–Crippen LogP) is 1.17. The maximum Gasteiger partial charge on any atom is 0.0765 e. The van der Waals surface area contributed by atoms with Crippen LogP contribution in [-0.4, -0.2) is 40.7 Å². The van der Waals surface area contributed by atoms with Gasteiger partial charge >= 0.3 is 0 Å². The molecule has 1 aromatic heterocycles. The second kappa shape index (κ2) is 6.03. The Balaban J connectivity index is 1.94. The second-order valence-corrected chi connectivity index (χ2v) is 5.74. The number of hydrogen-bond donors (Lipinski definition) is 2. The van der Waals surface area contributed by atoms with Gasteiger partial charge in [-0.1, -0.05) is 0 Å². The van der Waals surface area contributed by atoms with Crippen LogP contribution in [0.15, 0.2) is 6.20 Å². The summed E-state index contributed by atoms with van der Waals surface area (Å²) >= 11 is 0. The number of aromatic nitrogens is 2. The SMILES string of the molecule is COCCC(C)(O)CNC1CCCc2c1cnn2C. The topological polar surface area (TPSA) is 59.3 Å². The Morgan fingerprint density at radius 1 is 1.63 bits per heavy atom. The lowest BCUT2D eigenvalue weighted by molar-refractivity contribution is 0.0222.